The summed E-state index contributed by atoms with van der Waals surface area (Å²) in [5.41, 5.74) is 0. The smallest absolute Gasteiger partial charge is 0.233 e. The molecule has 2 heterocycles. The Balaban J connectivity index is 1.82. The number of ether oxygens (including phenoxy) is 1. The summed E-state index contributed by atoms with van der Waals surface area (Å²) in [6.07, 6.45) is 6.85. The number of nitrogens with zero attached hydrogens (tertiary/aromatic N) is 3. The zero-order valence-corrected chi connectivity index (χ0v) is 13.1. The van der Waals surface area contributed by atoms with E-state index >= 15 is 0 Å². The Kier molecular flexibility index (Phi) is 5.91. The summed E-state index contributed by atoms with van der Waals surface area (Å²) in [4.78, 5) is 18.3. The first kappa shape index (κ1) is 15.4. The van der Waals surface area contributed by atoms with Gasteiger partial charge in [0.15, 0.2) is 0 Å². The zero-order chi connectivity index (χ0) is 14.4. The summed E-state index contributed by atoms with van der Waals surface area (Å²) in [6, 6.07) is 0. The number of aromatic nitrogens is 2. The fraction of sp³-hybridized carbons (Fsp3) is 0.714. The Bertz CT molecular complexity index is 436. The number of rotatable bonds is 8. The molecule has 0 N–H and O–H groups in total. The van der Waals surface area contributed by atoms with Crippen molar-refractivity contribution in [2.75, 3.05) is 25.5 Å². The van der Waals surface area contributed by atoms with Gasteiger partial charge >= 0.3 is 0 Å². The highest BCUT2D eigenvalue weighted by Crippen LogP contribution is 2.37. The van der Waals surface area contributed by atoms with E-state index in [9.17, 15) is 4.79 Å². The monoisotopic (exact) mass is 297 g/mol. The molecule has 0 aromatic carbocycles. The Hall–Kier alpha value is -1.01. The van der Waals surface area contributed by atoms with Crippen LogP contribution in [0.2, 0.25) is 0 Å². The fourth-order valence-electron chi connectivity index (χ4n) is 2.21. The van der Waals surface area contributed by atoms with E-state index in [1.807, 2.05) is 22.7 Å². The highest BCUT2D eigenvalue weighted by molar-refractivity contribution is 8.00. The molecule has 112 valence electrons. The van der Waals surface area contributed by atoms with E-state index in [0.717, 1.165) is 44.8 Å². The molecule has 0 spiro atoms. The number of carbonyl (C=O) groups is 1. The first-order chi connectivity index (χ1) is 9.74. The van der Waals surface area contributed by atoms with Gasteiger partial charge in [0.1, 0.15) is 11.2 Å². The van der Waals surface area contributed by atoms with Gasteiger partial charge in [-0.05, 0) is 12.8 Å². The average Bonchev–Trinajstić information content (AvgIpc) is 3.00. The zero-order valence-electron chi connectivity index (χ0n) is 12.2. The van der Waals surface area contributed by atoms with Crippen LogP contribution in [0, 0.1) is 0 Å². The second-order valence-electron chi connectivity index (χ2n) is 4.97. The van der Waals surface area contributed by atoms with Crippen LogP contribution >= 0.6 is 11.8 Å². The maximum atomic E-state index is 12.0. The third kappa shape index (κ3) is 3.76. The Morgan fingerprint density at radius 1 is 1.45 bits per heavy atom. The van der Waals surface area contributed by atoms with Crippen LogP contribution in [0.5, 0.6) is 0 Å². The fourth-order valence-corrected chi connectivity index (χ4v) is 3.46. The molecular weight excluding hydrogens is 274 g/mol. The number of hydrogen-bond acceptors (Lipinski definition) is 4. The van der Waals surface area contributed by atoms with Crippen LogP contribution in [0.3, 0.4) is 0 Å². The molecule has 0 saturated carbocycles. The molecule has 1 saturated heterocycles. The molecule has 1 aliphatic heterocycles. The van der Waals surface area contributed by atoms with Crippen LogP contribution in [0.1, 0.15) is 37.4 Å². The van der Waals surface area contributed by atoms with E-state index in [1.54, 1.807) is 18.0 Å². The van der Waals surface area contributed by atoms with Crippen LogP contribution in [0.25, 0.3) is 0 Å². The number of aryl methyl sites for hydroxylation is 1. The topological polar surface area (TPSA) is 47.4 Å². The van der Waals surface area contributed by atoms with Gasteiger partial charge in [0.25, 0.3) is 0 Å². The van der Waals surface area contributed by atoms with Gasteiger partial charge in [0, 0.05) is 39.2 Å². The molecule has 1 amide bonds. The van der Waals surface area contributed by atoms with Crippen LogP contribution < -0.4 is 0 Å². The molecule has 6 heteroatoms. The number of imidazole rings is 1. The number of hydrogen-bond donors (Lipinski definition) is 0. The Morgan fingerprint density at radius 2 is 2.25 bits per heavy atom. The van der Waals surface area contributed by atoms with Crippen LogP contribution in [0.15, 0.2) is 12.4 Å². The lowest BCUT2D eigenvalue weighted by molar-refractivity contribution is -0.128. The second kappa shape index (κ2) is 7.69. The van der Waals surface area contributed by atoms with Crippen molar-refractivity contribution in [2.45, 2.75) is 31.6 Å². The number of unbranched alkanes of at least 4 members (excludes halogenated alkanes) is 1. The lowest BCUT2D eigenvalue weighted by atomic mass is 10.3. The van der Waals surface area contributed by atoms with Gasteiger partial charge in [0.05, 0.1) is 5.75 Å². The van der Waals surface area contributed by atoms with Gasteiger partial charge in [-0.15, -0.1) is 11.8 Å². The maximum Gasteiger partial charge on any atom is 0.233 e. The standard InChI is InChI=1S/C14H23N3O2S/c1-3-4-9-19-10-5-7-17-12(18)11-20-14(17)13-15-6-8-16(13)2/h6,8,14H,3-5,7,9-11H2,1-2H3. The van der Waals surface area contributed by atoms with Gasteiger partial charge in [-0.25, -0.2) is 4.98 Å². The van der Waals surface area contributed by atoms with Gasteiger partial charge in [-0.2, -0.15) is 0 Å². The molecule has 2 rings (SSSR count). The van der Waals surface area contributed by atoms with E-state index in [0.29, 0.717) is 5.75 Å². The summed E-state index contributed by atoms with van der Waals surface area (Å²) in [7, 11) is 1.97. The molecule has 0 aliphatic carbocycles. The van der Waals surface area contributed by atoms with Crippen molar-refractivity contribution in [1.82, 2.24) is 14.5 Å². The third-order valence-electron chi connectivity index (χ3n) is 3.38. The molecule has 0 radical (unpaired) electrons. The van der Waals surface area contributed by atoms with E-state index < -0.39 is 0 Å². The van der Waals surface area contributed by atoms with Crippen molar-refractivity contribution in [2.24, 2.45) is 7.05 Å². The molecule has 1 aromatic rings. The lowest BCUT2D eigenvalue weighted by Gasteiger charge is -2.23. The summed E-state index contributed by atoms with van der Waals surface area (Å²) in [6.45, 7) is 4.44. The van der Waals surface area contributed by atoms with E-state index in [1.165, 1.54) is 0 Å². The molecule has 1 aliphatic rings. The average molecular weight is 297 g/mol. The minimum atomic E-state index is 0.0538. The molecule has 1 unspecified atom stereocenters. The van der Waals surface area contributed by atoms with E-state index in [-0.39, 0.29) is 11.3 Å². The Labute approximate surface area is 124 Å². The van der Waals surface area contributed by atoms with Crippen molar-refractivity contribution in [3.63, 3.8) is 0 Å². The van der Waals surface area contributed by atoms with Gasteiger partial charge < -0.3 is 14.2 Å². The molecular formula is C14H23N3O2S. The van der Waals surface area contributed by atoms with Crippen molar-refractivity contribution < 1.29 is 9.53 Å². The molecule has 0 bridgehead atoms. The van der Waals surface area contributed by atoms with Gasteiger partial charge in [-0.3, -0.25) is 4.79 Å². The molecule has 5 nitrogen and oxygen atoms in total. The van der Waals surface area contributed by atoms with Crippen molar-refractivity contribution >= 4 is 17.7 Å². The first-order valence-electron chi connectivity index (χ1n) is 7.20. The quantitative estimate of drug-likeness (QED) is 0.690. The van der Waals surface area contributed by atoms with E-state index in [4.69, 9.17) is 4.74 Å². The summed E-state index contributed by atoms with van der Waals surface area (Å²) >= 11 is 1.65. The molecule has 1 atom stereocenters. The predicted octanol–water partition coefficient (Wildman–Crippen LogP) is 2.20. The van der Waals surface area contributed by atoms with E-state index in [2.05, 4.69) is 11.9 Å². The SMILES string of the molecule is CCCCOCCCN1C(=O)CSC1c1nccn1C. The second-order valence-corrected chi connectivity index (χ2v) is 6.03. The molecule has 1 aromatic heterocycles. The normalized spacial score (nSPS) is 19.0. The van der Waals surface area contributed by atoms with Gasteiger partial charge in [0.2, 0.25) is 5.91 Å². The maximum absolute atomic E-state index is 12.0. The van der Waals surface area contributed by atoms with Crippen molar-refractivity contribution in [1.29, 1.82) is 0 Å². The van der Waals surface area contributed by atoms with Gasteiger partial charge in [-0.1, -0.05) is 13.3 Å². The number of amides is 1. The highest BCUT2D eigenvalue weighted by Gasteiger charge is 2.34. The molecule has 20 heavy (non-hydrogen) atoms. The first-order valence-corrected chi connectivity index (χ1v) is 8.25. The minimum absolute atomic E-state index is 0.0538. The summed E-state index contributed by atoms with van der Waals surface area (Å²) in [5, 5.41) is 0.0538. The highest BCUT2D eigenvalue weighted by atomic mass is 32.2. The third-order valence-corrected chi connectivity index (χ3v) is 4.57. The number of carbonyl (C=O) groups excluding carboxylic acids is 1. The van der Waals surface area contributed by atoms with Crippen LogP contribution in [-0.2, 0) is 16.6 Å². The predicted molar refractivity (Wildman–Crippen MR) is 80.5 cm³/mol. The minimum Gasteiger partial charge on any atom is -0.381 e. The molecule has 1 fully saturated rings. The van der Waals surface area contributed by atoms with Crippen molar-refractivity contribution in [3.05, 3.63) is 18.2 Å². The number of thioether (sulfide) groups is 1. The van der Waals surface area contributed by atoms with Crippen molar-refractivity contribution in [3.8, 4) is 0 Å². The van der Waals surface area contributed by atoms with Crippen LogP contribution in [0.4, 0.5) is 0 Å². The summed E-state index contributed by atoms with van der Waals surface area (Å²) < 4.78 is 7.54. The largest absolute Gasteiger partial charge is 0.381 e. The lowest BCUT2D eigenvalue weighted by Crippen LogP contribution is -2.31. The Morgan fingerprint density at radius 3 is 2.95 bits per heavy atom. The summed E-state index contributed by atoms with van der Waals surface area (Å²) in [5.74, 6) is 1.71. The van der Waals surface area contributed by atoms with Crippen LogP contribution in [-0.4, -0.2) is 45.9 Å².